The van der Waals surface area contributed by atoms with Gasteiger partial charge in [0.25, 0.3) is 5.69 Å². The number of allylic oxidation sites excluding steroid dienone is 3. The van der Waals surface area contributed by atoms with E-state index in [-0.39, 0.29) is 18.7 Å². The molecule has 1 aliphatic heterocycles. The number of dihydropyridines is 1. The molecule has 29 heavy (non-hydrogen) atoms. The van der Waals surface area contributed by atoms with Gasteiger partial charge in [0.2, 0.25) is 6.41 Å². The smallest absolute Gasteiger partial charge is 0.336 e. The number of carbonyl (C=O) groups excluding carboxylic acids is 2. The van der Waals surface area contributed by atoms with E-state index < -0.39 is 16.8 Å². The van der Waals surface area contributed by atoms with Gasteiger partial charge in [-0.3, -0.25) is 14.9 Å². The van der Waals surface area contributed by atoms with Gasteiger partial charge >= 0.3 is 5.97 Å². The lowest BCUT2D eigenvalue weighted by Crippen LogP contribution is -2.35. The Balaban J connectivity index is 2.60. The molecule has 0 fully saturated rings. The lowest BCUT2D eigenvalue weighted by Gasteiger charge is -2.32. The Kier molecular flexibility index (Phi) is 7.48. The van der Waals surface area contributed by atoms with Crippen molar-refractivity contribution in [3.8, 4) is 6.07 Å². The number of nitro benzene ring substituents is 1. The predicted molar refractivity (Wildman–Crippen MR) is 104 cm³/mol. The van der Waals surface area contributed by atoms with Gasteiger partial charge in [-0.1, -0.05) is 26.0 Å². The summed E-state index contributed by atoms with van der Waals surface area (Å²) in [7, 11) is 0. The van der Waals surface area contributed by atoms with Gasteiger partial charge in [0.1, 0.15) is 6.61 Å². The number of hydrogen-bond acceptors (Lipinski definition) is 7. The van der Waals surface area contributed by atoms with E-state index >= 15 is 0 Å². The Bertz CT molecular complexity index is 896. The maximum absolute atomic E-state index is 12.9. The number of non-ortho nitro benzene ring substituents is 1. The van der Waals surface area contributed by atoms with E-state index in [9.17, 15) is 19.7 Å². The van der Waals surface area contributed by atoms with Crippen LogP contribution in [0.3, 0.4) is 0 Å². The van der Waals surface area contributed by atoms with Crippen molar-refractivity contribution < 1.29 is 19.2 Å². The van der Waals surface area contributed by atoms with Crippen LogP contribution >= 0.6 is 0 Å². The average molecular weight is 398 g/mol. The molecule has 0 saturated heterocycles. The number of amides is 1. The Morgan fingerprint density at radius 1 is 1.31 bits per heavy atom. The first-order valence-electron chi connectivity index (χ1n) is 9.20. The van der Waals surface area contributed by atoms with Crippen LogP contribution in [0.1, 0.15) is 44.6 Å². The zero-order chi connectivity index (χ0) is 21.4. The van der Waals surface area contributed by atoms with Gasteiger partial charge in [0.05, 0.1) is 28.9 Å². The maximum Gasteiger partial charge on any atom is 0.336 e. The van der Waals surface area contributed by atoms with E-state index in [1.165, 1.54) is 12.1 Å². The zero-order valence-electron chi connectivity index (χ0n) is 16.2. The van der Waals surface area contributed by atoms with Gasteiger partial charge in [0, 0.05) is 29.2 Å². The van der Waals surface area contributed by atoms with Crippen molar-refractivity contribution in [2.75, 3.05) is 6.61 Å². The van der Waals surface area contributed by atoms with Crippen LogP contribution in [0.25, 0.3) is 0 Å². The van der Waals surface area contributed by atoms with Gasteiger partial charge in [-0.05, 0) is 18.4 Å². The molecule has 0 bridgehead atoms. The van der Waals surface area contributed by atoms with Crippen LogP contribution in [-0.4, -0.2) is 23.9 Å². The molecule has 0 aliphatic carbocycles. The summed E-state index contributed by atoms with van der Waals surface area (Å²) in [5.74, 6) is -1.27. The molecule has 9 heteroatoms. The van der Waals surface area contributed by atoms with Crippen molar-refractivity contribution in [2.45, 2.75) is 39.0 Å². The molecule has 1 aliphatic rings. The molecule has 9 nitrogen and oxygen atoms in total. The van der Waals surface area contributed by atoms with Crippen molar-refractivity contribution in [1.82, 2.24) is 10.6 Å². The van der Waals surface area contributed by atoms with Crippen LogP contribution in [0, 0.1) is 21.4 Å². The number of nitriles is 1. The Morgan fingerprint density at radius 3 is 2.48 bits per heavy atom. The highest BCUT2D eigenvalue weighted by Crippen LogP contribution is 2.39. The lowest BCUT2D eigenvalue weighted by molar-refractivity contribution is -0.384. The lowest BCUT2D eigenvalue weighted by atomic mass is 9.82. The molecular weight excluding hydrogens is 376 g/mol. The molecular formula is C20H22N4O5. The molecule has 1 aromatic rings. The fourth-order valence-electron chi connectivity index (χ4n) is 3.23. The predicted octanol–water partition coefficient (Wildman–Crippen LogP) is 2.77. The maximum atomic E-state index is 12.9. The summed E-state index contributed by atoms with van der Waals surface area (Å²) in [4.78, 5) is 34.6. The SMILES string of the molecule is CCC1=C(NC=O)C(c2ccc([N+](=O)[O-])cc2)C(C(=O)OCCC#N)=C(CC)N1. The van der Waals surface area contributed by atoms with Crippen molar-refractivity contribution in [1.29, 1.82) is 5.26 Å². The second-order valence-corrected chi connectivity index (χ2v) is 6.20. The van der Waals surface area contributed by atoms with E-state index in [1.807, 2.05) is 19.9 Å². The number of nitrogens with one attached hydrogen (secondary N) is 2. The van der Waals surface area contributed by atoms with Gasteiger partial charge in [-0.15, -0.1) is 0 Å². The Labute approximate surface area is 168 Å². The third kappa shape index (κ3) is 4.79. The fourth-order valence-corrected chi connectivity index (χ4v) is 3.23. The standard InChI is InChI=1S/C20H22N4O5/c1-3-15-18(20(26)29-11-5-10-21)17(19(22-12-25)16(4-2)23-15)13-6-8-14(9-7-13)24(27)28/h6-9,12,17,23H,3-5,11H2,1-2H3,(H,22,25). The van der Waals surface area contributed by atoms with Crippen LogP contribution in [-0.2, 0) is 14.3 Å². The topological polar surface area (TPSA) is 134 Å². The van der Waals surface area contributed by atoms with Gasteiger partial charge < -0.3 is 15.4 Å². The largest absolute Gasteiger partial charge is 0.461 e. The third-order valence-corrected chi connectivity index (χ3v) is 4.56. The third-order valence-electron chi connectivity index (χ3n) is 4.56. The normalized spacial score (nSPS) is 16.0. The number of nitrogens with zero attached hydrogens (tertiary/aromatic N) is 2. The first-order chi connectivity index (χ1) is 14.0. The zero-order valence-corrected chi connectivity index (χ0v) is 16.2. The Morgan fingerprint density at radius 2 is 1.97 bits per heavy atom. The first-order valence-corrected chi connectivity index (χ1v) is 9.20. The summed E-state index contributed by atoms with van der Waals surface area (Å²) >= 11 is 0. The molecule has 1 atom stereocenters. The highest BCUT2D eigenvalue weighted by molar-refractivity contribution is 5.93. The molecule has 2 rings (SSSR count). The van der Waals surface area contributed by atoms with E-state index in [0.29, 0.717) is 41.8 Å². The van der Waals surface area contributed by atoms with Crippen molar-refractivity contribution >= 4 is 18.1 Å². The monoisotopic (exact) mass is 398 g/mol. The summed E-state index contributed by atoms with van der Waals surface area (Å²) in [6, 6.07) is 7.74. The van der Waals surface area contributed by atoms with Gasteiger partial charge in [0.15, 0.2) is 0 Å². The molecule has 1 unspecified atom stereocenters. The number of carbonyl (C=O) groups is 2. The average Bonchev–Trinajstić information content (AvgIpc) is 2.73. The van der Waals surface area contributed by atoms with E-state index in [1.54, 1.807) is 12.1 Å². The molecule has 0 spiro atoms. The van der Waals surface area contributed by atoms with Crippen LogP contribution in [0.5, 0.6) is 0 Å². The van der Waals surface area contributed by atoms with Gasteiger partial charge in [-0.2, -0.15) is 5.26 Å². The van der Waals surface area contributed by atoms with Crippen molar-refractivity contribution in [3.05, 3.63) is 62.6 Å². The molecule has 152 valence electrons. The van der Waals surface area contributed by atoms with Crippen LogP contribution in [0.2, 0.25) is 0 Å². The van der Waals surface area contributed by atoms with Crippen LogP contribution in [0.4, 0.5) is 5.69 Å². The fraction of sp³-hybridized carbons (Fsp3) is 0.350. The molecule has 0 radical (unpaired) electrons. The van der Waals surface area contributed by atoms with Crippen LogP contribution < -0.4 is 10.6 Å². The molecule has 0 saturated carbocycles. The minimum absolute atomic E-state index is 0.0520. The highest BCUT2D eigenvalue weighted by atomic mass is 16.6. The minimum Gasteiger partial charge on any atom is -0.461 e. The van der Waals surface area contributed by atoms with E-state index in [4.69, 9.17) is 10.00 Å². The number of nitro groups is 1. The minimum atomic E-state index is -0.665. The number of ether oxygens (including phenoxy) is 1. The summed E-state index contributed by atoms with van der Waals surface area (Å²) in [6.07, 6.45) is 1.66. The molecule has 2 N–H and O–H groups in total. The number of esters is 1. The summed E-state index contributed by atoms with van der Waals surface area (Å²) < 4.78 is 5.26. The van der Waals surface area contributed by atoms with E-state index in [0.717, 1.165) is 5.70 Å². The summed E-state index contributed by atoms with van der Waals surface area (Å²) in [6.45, 7) is 3.73. The summed E-state index contributed by atoms with van der Waals surface area (Å²) in [5, 5.41) is 25.6. The number of hydrogen-bond donors (Lipinski definition) is 2. The van der Waals surface area contributed by atoms with Crippen molar-refractivity contribution in [3.63, 3.8) is 0 Å². The number of benzene rings is 1. The second-order valence-electron chi connectivity index (χ2n) is 6.20. The van der Waals surface area contributed by atoms with Gasteiger partial charge in [-0.25, -0.2) is 4.79 Å². The second kappa shape index (κ2) is 10.0. The molecule has 1 amide bonds. The number of rotatable bonds is 9. The van der Waals surface area contributed by atoms with Crippen LogP contribution in [0.15, 0.2) is 46.9 Å². The van der Waals surface area contributed by atoms with Crippen molar-refractivity contribution in [2.24, 2.45) is 0 Å². The molecule has 0 aromatic heterocycles. The molecule has 1 aromatic carbocycles. The highest BCUT2D eigenvalue weighted by Gasteiger charge is 2.35. The summed E-state index contributed by atoms with van der Waals surface area (Å²) in [5.41, 5.74) is 2.70. The first kappa shape index (κ1) is 21.6. The quantitative estimate of drug-likeness (QED) is 0.215. The Hall–Kier alpha value is -3.67. The molecule has 1 heterocycles. The van der Waals surface area contributed by atoms with E-state index in [2.05, 4.69) is 10.6 Å².